The van der Waals surface area contributed by atoms with Crippen LogP contribution in [0, 0.1) is 52.3 Å². The number of phenols is 1. The molecule has 0 amide bonds. The Morgan fingerprint density at radius 2 is 1.44 bits per heavy atom. The first-order valence-electron chi connectivity index (χ1n) is 22.0. The van der Waals surface area contributed by atoms with Crippen LogP contribution in [0.2, 0.25) is 0 Å². The van der Waals surface area contributed by atoms with E-state index in [0.717, 1.165) is 93.8 Å². The predicted molar refractivity (Wildman–Crippen MR) is 217 cm³/mol. The molecule has 10 atom stereocenters. The summed E-state index contributed by atoms with van der Waals surface area (Å²) in [4.78, 5) is 0. The minimum absolute atomic E-state index is 0.0921. The average Bonchev–Trinajstić information content (AvgIpc) is 3.47. The van der Waals surface area contributed by atoms with Crippen LogP contribution in [0.1, 0.15) is 136 Å². The topological polar surface area (TPSA) is 97.8 Å². The third kappa shape index (κ3) is 10.5. The molecule has 4 aliphatic carbocycles. The molecular formula is C45H80N4O3. The van der Waals surface area contributed by atoms with Gasteiger partial charge in [0.1, 0.15) is 0 Å². The number of nitrogens with one attached hydrogen (secondary N) is 4. The maximum Gasteiger partial charge on any atom is 0.160 e. The Kier molecular flexibility index (Phi) is 16.1. The highest BCUT2D eigenvalue weighted by molar-refractivity contribution is 5.41. The van der Waals surface area contributed by atoms with E-state index < -0.39 is 0 Å². The molecule has 7 nitrogen and oxygen atoms in total. The summed E-state index contributed by atoms with van der Waals surface area (Å²) in [5.41, 5.74) is 1.92. The highest BCUT2D eigenvalue weighted by atomic mass is 16.5. The van der Waals surface area contributed by atoms with Crippen molar-refractivity contribution >= 4 is 0 Å². The van der Waals surface area contributed by atoms with Gasteiger partial charge in [-0.25, -0.2) is 0 Å². The van der Waals surface area contributed by atoms with Gasteiger partial charge >= 0.3 is 0 Å². The van der Waals surface area contributed by atoms with Gasteiger partial charge in [-0.15, -0.1) is 0 Å². The molecule has 0 heterocycles. The largest absolute Gasteiger partial charge is 0.504 e. The lowest BCUT2D eigenvalue weighted by atomic mass is 9.43. The fourth-order valence-corrected chi connectivity index (χ4v) is 12.1. The molecule has 1 aromatic rings. The molecule has 298 valence electrons. The van der Waals surface area contributed by atoms with Crippen molar-refractivity contribution in [2.24, 2.45) is 52.3 Å². The SMILES string of the molecule is COc1ccc(CNCCCNCCCCNCCCN[C@H]2CC[C@@]3(C)C(C2)C[C@@H](O)C2C3CC[C@@]3(C)C2CCC3[C@@H](C)CCCC(C)C)cc1O. The van der Waals surface area contributed by atoms with Crippen molar-refractivity contribution < 1.29 is 14.9 Å². The Morgan fingerprint density at radius 3 is 2.15 bits per heavy atom. The van der Waals surface area contributed by atoms with Crippen molar-refractivity contribution in [3.63, 3.8) is 0 Å². The number of fused-ring (bicyclic) bond motifs is 5. The molecule has 0 bridgehead atoms. The lowest BCUT2D eigenvalue weighted by Crippen LogP contribution is -2.59. The van der Waals surface area contributed by atoms with E-state index in [9.17, 15) is 10.2 Å². The van der Waals surface area contributed by atoms with Crippen LogP contribution < -0.4 is 26.0 Å². The van der Waals surface area contributed by atoms with E-state index in [0.29, 0.717) is 34.5 Å². The van der Waals surface area contributed by atoms with Gasteiger partial charge in [0.2, 0.25) is 0 Å². The number of ether oxygens (including phenoxy) is 1. The van der Waals surface area contributed by atoms with Crippen LogP contribution in [0.25, 0.3) is 0 Å². The number of unbranched alkanes of at least 4 members (excludes halogenated alkanes) is 1. The zero-order chi connectivity index (χ0) is 37.1. The summed E-state index contributed by atoms with van der Waals surface area (Å²) in [6.45, 7) is 19.7. The van der Waals surface area contributed by atoms with Crippen molar-refractivity contribution in [1.82, 2.24) is 21.3 Å². The molecule has 5 rings (SSSR count). The number of aromatic hydroxyl groups is 1. The van der Waals surface area contributed by atoms with Crippen molar-refractivity contribution in [2.75, 3.05) is 46.4 Å². The molecule has 0 spiro atoms. The van der Waals surface area contributed by atoms with E-state index >= 15 is 0 Å². The van der Waals surface area contributed by atoms with E-state index in [1.165, 1.54) is 83.5 Å². The number of benzene rings is 1. The molecule has 0 saturated heterocycles. The van der Waals surface area contributed by atoms with Crippen LogP contribution in [0.3, 0.4) is 0 Å². The number of hydrogen-bond donors (Lipinski definition) is 6. The molecule has 1 aromatic carbocycles. The molecule has 52 heavy (non-hydrogen) atoms. The van der Waals surface area contributed by atoms with Gasteiger partial charge in [0.25, 0.3) is 0 Å². The smallest absolute Gasteiger partial charge is 0.160 e. The lowest BCUT2D eigenvalue weighted by Gasteiger charge is -2.62. The fraction of sp³-hybridized carbons (Fsp3) is 0.867. The van der Waals surface area contributed by atoms with Crippen molar-refractivity contribution in [1.29, 1.82) is 0 Å². The van der Waals surface area contributed by atoms with Gasteiger partial charge in [-0.1, -0.05) is 59.9 Å². The number of aliphatic hydroxyl groups is 1. The number of aliphatic hydroxyl groups excluding tert-OH is 1. The Labute approximate surface area is 319 Å². The first-order valence-corrected chi connectivity index (χ1v) is 22.0. The maximum atomic E-state index is 11.9. The fourth-order valence-electron chi connectivity index (χ4n) is 12.1. The van der Waals surface area contributed by atoms with E-state index in [1.807, 2.05) is 12.1 Å². The summed E-state index contributed by atoms with van der Waals surface area (Å²) in [5.74, 6) is 5.88. The third-order valence-corrected chi connectivity index (χ3v) is 15.1. The molecule has 0 aromatic heterocycles. The summed E-state index contributed by atoms with van der Waals surface area (Å²) in [6.07, 6.45) is 19.2. The lowest BCUT2D eigenvalue weighted by molar-refractivity contribution is -0.167. The number of hydrogen-bond acceptors (Lipinski definition) is 7. The Hall–Kier alpha value is -1.38. The Balaban J connectivity index is 0.901. The second-order valence-corrected chi connectivity index (χ2v) is 18.8. The summed E-state index contributed by atoms with van der Waals surface area (Å²) < 4.78 is 5.11. The monoisotopic (exact) mass is 725 g/mol. The second kappa shape index (κ2) is 20.0. The molecule has 6 N–H and O–H groups in total. The minimum Gasteiger partial charge on any atom is -0.504 e. The van der Waals surface area contributed by atoms with Crippen molar-refractivity contribution in [3.8, 4) is 11.5 Å². The predicted octanol–water partition coefficient (Wildman–Crippen LogP) is 8.28. The molecule has 7 heteroatoms. The van der Waals surface area contributed by atoms with Gasteiger partial charge in [0.05, 0.1) is 13.2 Å². The number of rotatable bonds is 22. The van der Waals surface area contributed by atoms with Gasteiger partial charge in [0, 0.05) is 12.6 Å². The molecule has 0 aliphatic heterocycles. The van der Waals surface area contributed by atoms with Crippen LogP contribution in [-0.2, 0) is 6.54 Å². The highest BCUT2D eigenvalue weighted by Gasteiger charge is 2.62. The molecular weight excluding hydrogens is 645 g/mol. The van der Waals surface area contributed by atoms with Crippen LogP contribution in [0.15, 0.2) is 18.2 Å². The summed E-state index contributed by atoms with van der Waals surface area (Å²) >= 11 is 0. The van der Waals surface area contributed by atoms with Crippen LogP contribution in [0.4, 0.5) is 0 Å². The summed E-state index contributed by atoms with van der Waals surface area (Å²) in [6, 6.07) is 6.18. The van der Waals surface area contributed by atoms with Gasteiger partial charge in [-0.05, 0) is 186 Å². The van der Waals surface area contributed by atoms with E-state index in [2.05, 4.69) is 55.9 Å². The van der Waals surface area contributed by atoms with Crippen molar-refractivity contribution in [3.05, 3.63) is 23.8 Å². The molecule has 0 radical (unpaired) electrons. The first kappa shape index (κ1) is 41.8. The van der Waals surface area contributed by atoms with E-state index in [-0.39, 0.29) is 11.9 Å². The van der Waals surface area contributed by atoms with E-state index in [4.69, 9.17) is 4.74 Å². The molecule has 5 unspecified atom stereocenters. The van der Waals surface area contributed by atoms with Crippen LogP contribution >= 0.6 is 0 Å². The summed E-state index contributed by atoms with van der Waals surface area (Å²) in [7, 11) is 1.57. The van der Waals surface area contributed by atoms with Crippen LogP contribution in [-0.4, -0.2) is 68.7 Å². The Morgan fingerprint density at radius 1 is 0.769 bits per heavy atom. The zero-order valence-electron chi connectivity index (χ0n) is 34.3. The Bertz CT molecular complexity index is 1200. The molecule has 4 aliphatic rings. The van der Waals surface area contributed by atoms with E-state index in [1.54, 1.807) is 13.2 Å². The van der Waals surface area contributed by atoms with Gasteiger partial charge in [0.15, 0.2) is 11.5 Å². The minimum atomic E-state index is -0.0921. The summed E-state index contributed by atoms with van der Waals surface area (Å²) in [5, 5.41) is 36.4. The van der Waals surface area contributed by atoms with Gasteiger partial charge in [-0.2, -0.15) is 0 Å². The van der Waals surface area contributed by atoms with Gasteiger partial charge in [-0.3, -0.25) is 0 Å². The standard InChI is InChI=1S/C45H80N4O3/c1-32(2)12-9-13-33(3)37-15-16-38-43-39(19-21-45(37,38)5)44(4)20-18-36(29-35(44)30-41(43)51)49-27-11-25-47-23-8-7-22-46-24-10-26-48-31-34-14-17-42(52-6)40(50)28-34/h14,17,28,32-33,35-39,41,43,46-51H,7-13,15-16,18-27,29-31H2,1-6H3/t33-,35?,36-,37?,38?,39?,41+,43?,44-,45+/m0/s1. The normalized spacial score (nSPS) is 33.4. The van der Waals surface area contributed by atoms with Crippen LogP contribution in [0.5, 0.6) is 11.5 Å². The van der Waals surface area contributed by atoms with Gasteiger partial charge < -0.3 is 36.2 Å². The molecule has 4 saturated carbocycles. The zero-order valence-corrected chi connectivity index (χ0v) is 34.3. The third-order valence-electron chi connectivity index (χ3n) is 15.1. The second-order valence-electron chi connectivity index (χ2n) is 18.8. The average molecular weight is 725 g/mol. The maximum absolute atomic E-state index is 11.9. The number of methoxy groups -OCH3 is 1. The van der Waals surface area contributed by atoms with Crippen molar-refractivity contribution in [2.45, 2.75) is 150 Å². The number of phenolic OH excluding ortho intramolecular Hbond substituents is 1. The highest BCUT2D eigenvalue weighted by Crippen LogP contribution is 2.68. The molecule has 4 fully saturated rings. The quantitative estimate of drug-likeness (QED) is 0.0671. The first-order chi connectivity index (χ1) is 25.1.